The van der Waals surface area contributed by atoms with Crippen LogP contribution in [0.5, 0.6) is 5.75 Å². The van der Waals surface area contributed by atoms with Crippen LogP contribution in [-0.2, 0) is 19.1 Å². The maximum Gasteiger partial charge on any atom is 0.293 e. The van der Waals surface area contributed by atoms with Crippen LogP contribution in [0.4, 0.5) is 11.4 Å². The highest BCUT2D eigenvalue weighted by Gasteiger charge is 2.50. The van der Waals surface area contributed by atoms with Crippen LogP contribution >= 0.6 is 0 Å². The molecule has 0 saturated carbocycles. The van der Waals surface area contributed by atoms with E-state index in [1.165, 1.54) is 19.1 Å². The zero-order valence-electron chi connectivity index (χ0n) is 17.5. The standard InChI is InChI=1S/C19H27N3O7S/c1-12(23)20-14-11-16-13(10-15(14)22(24)25)17(21-8-6-5-7-9-21)18(19(2,3)28-16)29-30(4,26)27/h10-11,17-18H,5-9H2,1-4H3,(H,20,23)/t17-,18+/m1/s1. The third-order valence-corrected chi connectivity index (χ3v) is 5.92. The molecule has 3 rings (SSSR count). The Bertz CT molecular complexity index is 955. The molecule has 0 bridgehead atoms. The Morgan fingerprint density at radius 2 is 1.93 bits per heavy atom. The van der Waals surface area contributed by atoms with Gasteiger partial charge in [0.1, 0.15) is 23.1 Å². The maximum absolute atomic E-state index is 12.0. The Labute approximate surface area is 175 Å². The van der Waals surface area contributed by atoms with Gasteiger partial charge in [0.2, 0.25) is 5.91 Å². The highest BCUT2D eigenvalue weighted by molar-refractivity contribution is 7.86. The van der Waals surface area contributed by atoms with Crippen LogP contribution in [0.1, 0.15) is 51.6 Å². The van der Waals surface area contributed by atoms with Gasteiger partial charge in [0.05, 0.1) is 17.2 Å². The number of fused-ring (bicyclic) bond motifs is 1. The summed E-state index contributed by atoms with van der Waals surface area (Å²) in [5, 5.41) is 14.2. The quantitative estimate of drug-likeness (QED) is 0.419. The van der Waals surface area contributed by atoms with Gasteiger partial charge >= 0.3 is 0 Å². The predicted molar refractivity (Wildman–Crippen MR) is 110 cm³/mol. The van der Waals surface area contributed by atoms with Gasteiger partial charge in [0.25, 0.3) is 15.8 Å². The lowest BCUT2D eigenvalue weighted by Gasteiger charge is -2.48. The first-order valence-corrected chi connectivity index (χ1v) is 11.6. The van der Waals surface area contributed by atoms with Crippen LogP contribution in [0, 0.1) is 10.1 Å². The molecule has 30 heavy (non-hydrogen) atoms. The highest BCUT2D eigenvalue weighted by atomic mass is 32.2. The zero-order valence-corrected chi connectivity index (χ0v) is 18.3. The van der Waals surface area contributed by atoms with E-state index in [-0.39, 0.29) is 11.4 Å². The highest BCUT2D eigenvalue weighted by Crippen LogP contribution is 2.48. The molecular weight excluding hydrogens is 414 g/mol. The summed E-state index contributed by atoms with van der Waals surface area (Å²) in [6.07, 6.45) is 3.02. The summed E-state index contributed by atoms with van der Waals surface area (Å²) in [7, 11) is -3.82. The van der Waals surface area contributed by atoms with Crippen molar-refractivity contribution in [3.05, 3.63) is 27.8 Å². The Balaban J connectivity index is 2.19. The molecule has 2 atom stereocenters. The summed E-state index contributed by atoms with van der Waals surface area (Å²) in [6, 6.07) is 2.24. The van der Waals surface area contributed by atoms with Crippen molar-refractivity contribution in [2.24, 2.45) is 0 Å². The van der Waals surface area contributed by atoms with E-state index >= 15 is 0 Å². The number of nitrogens with zero attached hydrogens (tertiary/aromatic N) is 2. The van der Waals surface area contributed by atoms with Crippen molar-refractivity contribution in [3.8, 4) is 5.75 Å². The molecule has 2 aliphatic heterocycles. The minimum absolute atomic E-state index is 0.0296. The van der Waals surface area contributed by atoms with Crippen LogP contribution in [0.25, 0.3) is 0 Å². The molecule has 1 amide bonds. The van der Waals surface area contributed by atoms with E-state index in [1.54, 1.807) is 13.8 Å². The van der Waals surface area contributed by atoms with E-state index in [0.717, 1.165) is 25.5 Å². The average molecular weight is 442 g/mol. The average Bonchev–Trinajstić information content (AvgIpc) is 2.60. The van der Waals surface area contributed by atoms with Crippen LogP contribution in [0.3, 0.4) is 0 Å². The van der Waals surface area contributed by atoms with Gasteiger partial charge in [0, 0.05) is 24.6 Å². The third-order valence-electron chi connectivity index (χ3n) is 5.36. The second kappa shape index (κ2) is 8.12. The second-order valence-corrected chi connectivity index (χ2v) is 9.91. The summed E-state index contributed by atoms with van der Waals surface area (Å²) < 4.78 is 35.6. The number of likely N-dealkylation sites (tertiary alicyclic amines) is 1. The van der Waals surface area contributed by atoms with Crippen molar-refractivity contribution >= 4 is 27.4 Å². The summed E-state index contributed by atoms with van der Waals surface area (Å²) in [4.78, 5) is 24.7. The van der Waals surface area contributed by atoms with E-state index in [9.17, 15) is 23.3 Å². The minimum atomic E-state index is -3.82. The number of anilines is 1. The van der Waals surface area contributed by atoms with E-state index in [1.807, 2.05) is 0 Å². The zero-order chi connectivity index (χ0) is 22.3. The molecular formula is C19H27N3O7S. The van der Waals surface area contributed by atoms with E-state index in [0.29, 0.717) is 24.4 Å². The number of nitro groups is 1. The molecule has 11 heteroatoms. The molecule has 166 valence electrons. The topological polar surface area (TPSA) is 128 Å². The third kappa shape index (κ3) is 4.73. The second-order valence-electron chi connectivity index (χ2n) is 8.31. The number of carbonyl (C=O) groups is 1. The Kier molecular flexibility index (Phi) is 6.08. The number of hydrogen-bond acceptors (Lipinski definition) is 8. The summed E-state index contributed by atoms with van der Waals surface area (Å²) >= 11 is 0. The first-order valence-electron chi connectivity index (χ1n) is 9.80. The fourth-order valence-corrected chi connectivity index (χ4v) is 4.88. The van der Waals surface area contributed by atoms with Gasteiger partial charge in [0.15, 0.2) is 0 Å². The van der Waals surface area contributed by atoms with Gasteiger partial charge in [-0.2, -0.15) is 8.42 Å². The molecule has 2 aliphatic rings. The van der Waals surface area contributed by atoms with Crippen molar-refractivity contribution in [3.63, 3.8) is 0 Å². The number of rotatable bonds is 5. The van der Waals surface area contributed by atoms with Gasteiger partial charge in [-0.1, -0.05) is 6.42 Å². The summed E-state index contributed by atoms with van der Waals surface area (Å²) in [5.41, 5.74) is -0.818. The van der Waals surface area contributed by atoms with Crippen LogP contribution in [0.2, 0.25) is 0 Å². The van der Waals surface area contributed by atoms with Crippen molar-refractivity contribution in [2.45, 2.75) is 57.8 Å². The molecule has 2 heterocycles. The molecule has 10 nitrogen and oxygen atoms in total. The van der Waals surface area contributed by atoms with Crippen molar-refractivity contribution in [2.75, 3.05) is 24.7 Å². The number of piperidine rings is 1. The number of benzene rings is 1. The molecule has 0 aliphatic carbocycles. The number of amides is 1. The molecule has 1 aromatic rings. The Morgan fingerprint density at radius 3 is 2.47 bits per heavy atom. The van der Waals surface area contributed by atoms with Crippen molar-refractivity contribution in [1.29, 1.82) is 0 Å². The van der Waals surface area contributed by atoms with E-state index < -0.39 is 38.7 Å². The number of carbonyl (C=O) groups excluding carboxylic acids is 1. The molecule has 0 aromatic heterocycles. The SMILES string of the molecule is CC(=O)Nc1cc2c(cc1[N+](=O)[O-])[C@@H](N1CCCCC1)[C@H](OS(C)(=O)=O)C(C)(C)O2. The maximum atomic E-state index is 12.0. The number of nitro benzene ring substituents is 1. The molecule has 1 aromatic carbocycles. The normalized spacial score (nSPS) is 23.9. The van der Waals surface area contributed by atoms with Crippen LogP contribution in [-0.4, -0.2) is 55.2 Å². The van der Waals surface area contributed by atoms with Crippen LogP contribution in [0.15, 0.2) is 12.1 Å². The fraction of sp³-hybridized carbons (Fsp3) is 0.632. The van der Waals surface area contributed by atoms with E-state index in [2.05, 4.69) is 10.2 Å². The predicted octanol–water partition coefficient (Wildman–Crippen LogP) is 2.60. The molecule has 1 N–H and O–H groups in total. The largest absolute Gasteiger partial charge is 0.485 e. The Hall–Kier alpha value is -2.24. The summed E-state index contributed by atoms with van der Waals surface area (Å²) in [6.45, 7) is 6.14. The lowest BCUT2D eigenvalue weighted by molar-refractivity contribution is -0.384. The minimum Gasteiger partial charge on any atom is -0.485 e. The smallest absolute Gasteiger partial charge is 0.293 e. The molecule has 1 saturated heterocycles. The Morgan fingerprint density at radius 1 is 1.30 bits per heavy atom. The van der Waals surface area contributed by atoms with Crippen molar-refractivity contribution < 1.29 is 27.1 Å². The first-order chi connectivity index (χ1) is 13.9. The molecule has 1 fully saturated rings. The first kappa shape index (κ1) is 22.4. The monoisotopic (exact) mass is 441 g/mol. The van der Waals surface area contributed by atoms with Gasteiger partial charge in [-0.25, -0.2) is 0 Å². The van der Waals surface area contributed by atoms with Gasteiger partial charge in [-0.15, -0.1) is 0 Å². The number of nitrogens with one attached hydrogen (secondary N) is 1. The van der Waals surface area contributed by atoms with Gasteiger partial charge in [-0.05, 0) is 39.8 Å². The molecule has 0 unspecified atom stereocenters. The summed E-state index contributed by atoms with van der Waals surface area (Å²) in [5.74, 6) is -0.0859. The van der Waals surface area contributed by atoms with E-state index in [4.69, 9.17) is 8.92 Å². The molecule has 0 radical (unpaired) electrons. The van der Waals surface area contributed by atoms with Gasteiger partial charge < -0.3 is 10.1 Å². The number of hydrogen-bond donors (Lipinski definition) is 1. The fourth-order valence-electron chi connectivity index (χ4n) is 4.17. The lowest BCUT2D eigenvalue weighted by Crippen LogP contribution is -2.56. The van der Waals surface area contributed by atoms with Crippen molar-refractivity contribution in [1.82, 2.24) is 4.90 Å². The van der Waals surface area contributed by atoms with Crippen LogP contribution < -0.4 is 10.1 Å². The van der Waals surface area contributed by atoms with Gasteiger partial charge in [-0.3, -0.25) is 24.0 Å². The lowest BCUT2D eigenvalue weighted by atomic mass is 9.84. The number of ether oxygens (including phenoxy) is 1. The molecule has 0 spiro atoms.